The van der Waals surface area contributed by atoms with Crippen LogP contribution in [0.1, 0.15) is 35.7 Å². The molecule has 3 rings (SSSR count). The predicted molar refractivity (Wildman–Crippen MR) is 104 cm³/mol. The first-order valence-electron chi connectivity index (χ1n) is 9.14. The Morgan fingerprint density at radius 2 is 1.89 bits per heavy atom. The van der Waals surface area contributed by atoms with Gasteiger partial charge in [-0.3, -0.25) is 4.79 Å². The Hall–Kier alpha value is -2.95. The van der Waals surface area contributed by atoms with E-state index in [2.05, 4.69) is 6.92 Å². The highest BCUT2D eigenvalue weighted by Gasteiger charge is 2.13. The van der Waals surface area contributed by atoms with Crippen LogP contribution < -0.4 is 18.9 Å². The number of carbonyl (C=O) groups excluding carboxylic acids is 1. The van der Waals surface area contributed by atoms with Crippen LogP contribution in [0, 0.1) is 0 Å². The average molecular weight is 368 g/mol. The molecular formula is C22H24O5. The minimum Gasteiger partial charge on any atom is -0.493 e. The first-order chi connectivity index (χ1) is 13.2. The Bertz CT molecular complexity index is 825. The first-order valence-corrected chi connectivity index (χ1v) is 9.14. The molecule has 1 aliphatic heterocycles. The van der Waals surface area contributed by atoms with Crippen LogP contribution in [0.15, 0.2) is 42.5 Å². The predicted octanol–water partition coefficient (Wildman–Crippen LogP) is 4.54. The van der Waals surface area contributed by atoms with Gasteiger partial charge >= 0.3 is 0 Å². The molecule has 0 aromatic heterocycles. The van der Waals surface area contributed by atoms with E-state index in [9.17, 15) is 4.79 Å². The van der Waals surface area contributed by atoms with Crippen LogP contribution in [0.2, 0.25) is 0 Å². The van der Waals surface area contributed by atoms with Gasteiger partial charge in [-0.05, 0) is 48.4 Å². The fourth-order valence-corrected chi connectivity index (χ4v) is 2.70. The van der Waals surface area contributed by atoms with Gasteiger partial charge in [0.1, 0.15) is 13.2 Å². The van der Waals surface area contributed by atoms with Crippen molar-refractivity contribution >= 4 is 11.9 Å². The molecule has 0 fully saturated rings. The number of methoxy groups -OCH3 is 1. The number of ether oxygens (including phenoxy) is 4. The number of rotatable bonds is 8. The smallest absolute Gasteiger partial charge is 0.185 e. The summed E-state index contributed by atoms with van der Waals surface area (Å²) >= 11 is 0. The summed E-state index contributed by atoms with van der Waals surface area (Å²) in [6.07, 6.45) is 5.35. The molecule has 0 saturated carbocycles. The van der Waals surface area contributed by atoms with E-state index in [0.29, 0.717) is 48.4 Å². The second-order valence-corrected chi connectivity index (χ2v) is 6.17. The third-order valence-corrected chi connectivity index (χ3v) is 4.20. The summed E-state index contributed by atoms with van der Waals surface area (Å²) in [5, 5.41) is 0. The second-order valence-electron chi connectivity index (χ2n) is 6.17. The van der Waals surface area contributed by atoms with Crippen molar-refractivity contribution in [3.63, 3.8) is 0 Å². The summed E-state index contributed by atoms with van der Waals surface area (Å²) in [5.74, 6) is 2.54. The zero-order valence-corrected chi connectivity index (χ0v) is 15.7. The number of fused-ring (bicyclic) bond motifs is 1. The zero-order valence-electron chi connectivity index (χ0n) is 15.7. The van der Waals surface area contributed by atoms with Crippen LogP contribution >= 0.6 is 0 Å². The van der Waals surface area contributed by atoms with Crippen molar-refractivity contribution in [2.24, 2.45) is 0 Å². The highest BCUT2D eigenvalue weighted by Crippen LogP contribution is 2.31. The Morgan fingerprint density at radius 1 is 1.07 bits per heavy atom. The molecule has 0 amide bonds. The summed E-state index contributed by atoms with van der Waals surface area (Å²) < 4.78 is 22.1. The topological polar surface area (TPSA) is 54.0 Å². The molecule has 27 heavy (non-hydrogen) atoms. The van der Waals surface area contributed by atoms with E-state index in [1.54, 1.807) is 37.5 Å². The van der Waals surface area contributed by atoms with E-state index >= 15 is 0 Å². The van der Waals surface area contributed by atoms with Gasteiger partial charge in [0.25, 0.3) is 0 Å². The molecule has 0 bridgehead atoms. The average Bonchev–Trinajstić information content (AvgIpc) is 2.72. The maximum absolute atomic E-state index is 12.5. The zero-order chi connectivity index (χ0) is 19.1. The summed E-state index contributed by atoms with van der Waals surface area (Å²) in [6, 6.07) is 10.8. The van der Waals surface area contributed by atoms with Crippen molar-refractivity contribution in [1.29, 1.82) is 0 Å². The maximum Gasteiger partial charge on any atom is 0.185 e. The molecule has 1 aliphatic rings. The van der Waals surface area contributed by atoms with Crippen molar-refractivity contribution in [2.75, 3.05) is 26.9 Å². The van der Waals surface area contributed by atoms with Crippen LogP contribution in [0.5, 0.6) is 23.0 Å². The maximum atomic E-state index is 12.5. The number of allylic oxidation sites excluding steroid dienone is 1. The monoisotopic (exact) mass is 368 g/mol. The van der Waals surface area contributed by atoms with E-state index in [1.165, 1.54) is 0 Å². The highest BCUT2D eigenvalue weighted by atomic mass is 16.6. The lowest BCUT2D eigenvalue weighted by Crippen LogP contribution is -2.15. The van der Waals surface area contributed by atoms with Crippen LogP contribution in [0.3, 0.4) is 0 Å². The minimum absolute atomic E-state index is 0.101. The molecule has 1 heterocycles. The molecule has 0 N–H and O–H groups in total. The van der Waals surface area contributed by atoms with Gasteiger partial charge in [-0.15, -0.1) is 0 Å². The number of hydrogen-bond acceptors (Lipinski definition) is 5. The van der Waals surface area contributed by atoms with Gasteiger partial charge in [-0.2, -0.15) is 0 Å². The molecule has 0 atom stereocenters. The lowest BCUT2D eigenvalue weighted by atomic mass is 10.1. The highest BCUT2D eigenvalue weighted by molar-refractivity contribution is 6.07. The van der Waals surface area contributed by atoms with Gasteiger partial charge in [0.05, 0.1) is 13.7 Å². The lowest BCUT2D eigenvalue weighted by molar-refractivity contribution is 0.104. The van der Waals surface area contributed by atoms with E-state index in [4.69, 9.17) is 18.9 Å². The molecule has 5 heteroatoms. The van der Waals surface area contributed by atoms with Crippen LogP contribution in [0.25, 0.3) is 6.08 Å². The Labute approximate surface area is 159 Å². The standard InChI is InChI=1S/C22H24O5/c1-3-4-11-25-21-14-16(6-9-19(21)24-2)5-8-18(23)17-7-10-20-22(15-17)27-13-12-26-20/h5-10,14-15H,3-4,11-13H2,1-2H3. The van der Waals surface area contributed by atoms with Crippen LogP contribution in [0.4, 0.5) is 0 Å². The number of benzene rings is 2. The van der Waals surface area contributed by atoms with Gasteiger partial charge < -0.3 is 18.9 Å². The molecule has 0 unspecified atom stereocenters. The van der Waals surface area contributed by atoms with Crippen molar-refractivity contribution in [2.45, 2.75) is 19.8 Å². The van der Waals surface area contributed by atoms with Crippen molar-refractivity contribution in [3.05, 3.63) is 53.6 Å². The number of unbranched alkanes of at least 4 members (excludes halogenated alkanes) is 1. The van der Waals surface area contributed by atoms with Gasteiger partial charge in [-0.25, -0.2) is 0 Å². The molecule has 2 aromatic carbocycles. The SMILES string of the molecule is CCCCOc1cc(C=CC(=O)c2ccc3c(c2)OCCO3)ccc1OC. The molecule has 0 radical (unpaired) electrons. The van der Waals surface area contributed by atoms with Gasteiger partial charge in [0.15, 0.2) is 28.8 Å². The van der Waals surface area contributed by atoms with Crippen LogP contribution in [-0.4, -0.2) is 32.7 Å². The number of hydrogen-bond donors (Lipinski definition) is 0. The third kappa shape index (κ3) is 4.82. The van der Waals surface area contributed by atoms with E-state index < -0.39 is 0 Å². The van der Waals surface area contributed by atoms with Crippen LogP contribution in [-0.2, 0) is 0 Å². The lowest BCUT2D eigenvalue weighted by Gasteiger charge is -2.18. The first kappa shape index (κ1) is 18.8. The normalized spacial score (nSPS) is 12.8. The summed E-state index contributed by atoms with van der Waals surface area (Å²) in [6.45, 7) is 3.77. The fraction of sp³-hybridized carbons (Fsp3) is 0.318. The van der Waals surface area contributed by atoms with E-state index in [0.717, 1.165) is 18.4 Å². The van der Waals surface area contributed by atoms with E-state index in [1.807, 2.05) is 18.2 Å². The summed E-state index contributed by atoms with van der Waals surface area (Å²) in [7, 11) is 1.61. The number of carbonyl (C=O) groups is 1. The van der Waals surface area contributed by atoms with Crippen molar-refractivity contribution < 1.29 is 23.7 Å². The second kappa shape index (κ2) is 9.12. The quantitative estimate of drug-likeness (QED) is 0.389. The summed E-state index contributed by atoms with van der Waals surface area (Å²) in [5.41, 5.74) is 1.43. The van der Waals surface area contributed by atoms with Crippen molar-refractivity contribution in [1.82, 2.24) is 0 Å². The largest absolute Gasteiger partial charge is 0.493 e. The Morgan fingerprint density at radius 3 is 2.67 bits per heavy atom. The molecule has 2 aromatic rings. The molecule has 0 aliphatic carbocycles. The molecule has 5 nitrogen and oxygen atoms in total. The minimum atomic E-state index is -0.101. The molecular weight excluding hydrogens is 344 g/mol. The van der Waals surface area contributed by atoms with Gasteiger partial charge in [0.2, 0.25) is 0 Å². The summed E-state index contributed by atoms with van der Waals surface area (Å²) in [4.78, 5) is 12.5. The van der Waals surface area contributed by atoms with Crippen molar-refractivity contribution in [3.8, 4) is 23.0 Å². The fourth-order valence-electron chi connectivity index (χ4n) is 2.70. The number of ketones is 1. The Kier molecular flexibility index (Phi) is 6.36. The molecule has 0 spiro atoms. The Balaban J connectivity index is 1.73. The molecule has 0 saturated heterocycles. The van der Waals surface area contributed by atoms with E-state index in [-0.39, 0.29) is 5.78 Å². The third-order valence-electron chi connectivity index (χ3n) is 4.20. The van der Waals surface area contributed by atoms with Gasteiger partial charge in [-0.1, -0.05) is 25.5 Å². The molecule has 142 valence electrons. The van der Waals surface area contributed by atoms with Gasteiger partial charge in [0, 0.05) is 5.56 Å².